The van der Waals surface area contributed by atoms with E-state index in [9.17, 15) is 30.3 Å². The van der Waals surface area contributed by atoms with E-state index in [1.165, 1.54) is 52.7 Å². The second-order valence-electron chi connectivity index (χ2n) is 24.2. The maximum absolute atomic E-state index is 11.1. The fraction of sp³-hybridized carbons (Fsp3) is 0.549. The summed E-state index contributed by atoms with van der Waals surface area (Å²) in [6, 6.07) is 50.4. The van der Waals surface area contributed by atoms with Gasteiger partial charge in [-0.3, -0.25) is 49.3 Å². The zero-order valence-corrected chi connectivity index (χ0v) is 58.6. The van der Waals surface area contributed by atoms with Crippen LogP contribution in [0.2, 0.25) is 15.8 Å². The molecule has 502 valence electrons. The van der Waals surface area contributed by atoms with E-state index in [1.54, 1.807) is 0 Å². The van der Waals surface area contributed by atoms with Gasteiger partial charge in [-0.1, -0.05) is 223 Å². The molecule has 0 saturated carbocycles. The van der Waals surface area contributed by atoms with Gasteiger partial charge in [0.25, 0.3) is 14.1 Å². The van der Waals surface area contributed by atoms with E-state index in [4.69, 9.17) is 20.4 Å². The van der Waals surface area contributed by atoms with Gasteiger partial charge in [-0.05, 0) is 105 Å². The average Bonchev–Trinajstić information content (AvgIpc) is 0.889. The zero-order chi connectivity index (χ0) is 66.5. The quantitative estimate of drug-likeness (QED) is 0.0350. The predicted octanol–water partition coefficient (Wildman–Crippen LogP) is 10.9. The second kappa shape index (κ2) is 47.8. The van der Waals surface area contributed by atoms with Crippen molar-refractivity contribution in [1.82, 2.24) is 16.0 Å². The molecule has 0 spiro atoms. The molecule has 93 heavy (non-hydrogen) atoms. The number of aliphatic imine (C=N–C) groups is 2. The van der Waals surface area contributed by atoms with Crippen LogP contribution < -0.4 is 46.3 Å². The molecule has 22 heteroatoms. The van der Waals surface area contributed by atoms with Gasteiger partial charge in [0.05, 0.1) is 0 Å². The Bertz CT molecular complexity index is 2790. The number of benzene rings is 5. The minimum atomic E-state index is -1.42. The Balaban J connectivity index is 0.000000563. The van der Waals surface area contributed by atoms with E-state index in [0.29, 0.717) is 49.5 Å². The number of nitrogens with two attached hydrogens (primary N) is 2. The molecule has 5 aromatic carbocycles. The molecule has 5 aliphatic rings. The molecule has 5 heterocycles. The molecule has 0 bridgehead atoms. The van der Waals surface area contributed by atoms with E-state index in [-0.39, 0.29) is 96.8 Å². The van der Waals surface area contributed by atoms with Gasteiger partial charge in [-0.2, -0.15) is 0 Å². The molecule has 13 atom stereocenters. The van der Waals surface area contributed by atoms with E-state index < -0.39 is 27.4 Å². The van der Waals surface area contributed by atoms with Crippen LogP contribution in [0, 0.1) is 30.3 Å². The van der Waals surface area contributed by atoms with Crippen molar-refractivity contribution in [1.29, 1.82) is 0 Å². The maximum atomic E-state index is 11.1. The van der Waals surface area contributed by atoms with Crippen LogP contribution in [0.1, 0.15) is 211 Å². The summed E-state index contributed by atoms with van der Waals surface area (Å²) in [5.41, 5.74) is 20.1. The zero-order valence-electron chi connectivity index (χ0n) is 57.4. The van der Waals surface area contributed by atoms with Crippen molar-refractivity contribution in [3.05, 3.63) is 210 Å². The molecule has 3 fully saturated rings. The van der Waals surface area contributed by atoms with Crippen molar-refractivity contribution in [2.45, 2.75) is 246 Å². The normalized spacial score (nSPS) is 25.0. The number of nitrogens with one attached hydrogen (secondary N) is 3. The summed E-state index contributed by atoms with van der Waals surface area (Å²) in [7, 11) is -1.42. The Morgan fingerprint density at radius 2 is 0.710 bits per heavy atom. The Labute approximate surface area is 585 Å². The molecule has 10 rings (SSSR count). The number of hydrogen-bond acceptors (Lipinski definition) is 15. The Kier molecular flexibility index (Phi) is 43.1. The smallest absolute Gasteiger partial charge is 1.00 e. The van der Waals surface area contributed by atoms with Crippen LogP contribution in [0.4, 0.5) is 0 Å². The monoisotopic (exact) mass is 1320 g/mol. The first-order valence-electron chi connectivity index (χ1n) is 33.6. The van der Waals surface area contributed by atoms with Crippen LogP contribution in [0.15, 0.2) is 162 Å². The number of nitro groups is 3. The summed E-state index contributed by atoms with van der Waals surface area (Å²) in [6.07, 6.45) is 14.1. The summed E-state index contributed by atoms with van der Waals surface area (Å²) in [5.74, 6) is 0. The van der Waals surface area contributed by atoms with Crippen molar-refractivity contribution >= 4 is 52.2 Å². The first kappa shape index (κ1) is 84.0. The third-order valence-corrected chi connectivity index (χ3v) is 21.9. The number of piperidine rings is 3. The summed E-state index contributed by atoms with van der Waals surface area (Å²) < 4.78 is 16.8. The summed E-state index contributed by atoms with van der Waals surface area (Å²) in [6.45, 7) is 17.7. The van der Waals surface area contributed by atoms with Gasteiger partial charge in [0, 0.05) is 87.7 Å². The second-order valence-corrected chi connectivity index (χ2v) is 28.5. The van der Waals surface area contributed by atoms with Gasteiger partial charge < -0.3 is 28.8 Å². The Morgan fingerprint density at radius 3 is 0.968 bits per heavy atom. The average molecular weight is 1320 g/mol. The molecule has 0 aliphatic carbocycles. The van der Waals surface area contributed by atoms with Crippen LogP contribution in [0.3, 0.4) is 0 Å². The molecule has 7 N–H and O–H groups in total. The van der Waals surface area contributed by atoms with Crippen LogP contribution >= 0.6 is 0 Å². The molecule has 2 unspecified atom stereocenters. The predicted molar refractivity (Wildman–Crippen MR) is 383 cm³/mol. The topological polar surface area (TPSA) is 276 Å². The van der Waals surface area contributed by atoms with Crippen molar-refractivity contribution in [3.63, 3.8) is 0 Å². The van der Waals surface area contributed by atoms with Gasteiger partial charge in [0.2, 0.25) is 18.1 Å². The van der Waals surface area contributed by atoms with Crippen molar-refractivity contribution in [3.8, 4) is 0 Å². The fourth-order valence-electron chi connectivity index (χ4n) is 12.6. The van der Waals surface area contributed by atoms with E-state index in [0.717, 1.165) is 79.5 Å². The third-order valence-electron chi connectivity index (χ3n) is 18.4. The van der Waals surface area contributed by atoms with Gasteiger partial charge in [0.15, 0.2) is 17.4 Å². The summed E-state index contributed by atoms with van der Waals surface area (Å²) in [4.78, 5) is 41.8. The molecule has 5 aliphatic heterocycles. The molecule has 3 saturated heterocycles. The van der Waals surface area contributed by atoms with E-state index >= 15 is 0 Å². The molecule has 5 aromatic rings. The molecule has 0 radical (unpaired) electrons. The summed E-state index contributed by atoms with van der Waals surface area (Å²) >= 11 is -0.171. The van der Waals surface area contributed by atoms with Crippen molar-refractivity contribution in [2.75, 3.05) is 0 Å². The van der Waals surface area contributed by atoms with Crippen molar-refractivity contribution in [2.24, 2.45) is 21.5 Å². The molecule has 0 amide bonds. The number of hydrogen-bond donors (Lipinski definition) is 5. The fourth-order valence-corrected chi connectivity index (χ4v) is 14.3. The Hall–Kier alpha value is -5.08. The number of nitrogens with zero attached hydrogens (tertiary/aromatic N) is 5. The molecule has 0 aromatic heterocycles. The van der Waals surface area contributed by atoms with Gasteiger partial charge in [-0.25, -0.2) is 0 Å². The van der Waals surface area contributed by atoms with E-state index in [1.807, 2.05) is 105 Å². The van der Waals surface area contributed by atoms with Crippen LogP contribution in [0.25, 0.3) is 0 Å². The standard InChI is InChI=1S/C13H18N2O2.2C13H16N2O2.2C13H20N2.3C2H5.2Al.Li.O2Si.4H/c3*1-2-11-8-9-12(15(16)17)13(14-11)10-6-4-3-5-7-10;2*1-2-11-8-9-12(14)13(15-11)10-6-4-3-5-7-10;3*1-2;;;;1-3-2;;;;/h3-7,11-14H,2,8-9H2,1H3;2*3-7,12-13H,2,8-9H2,1H3;2*3-7,11-13,15H,2,8-9,14H2,1H3;3*1H2,2H3;;;;;;;;/q;;;;;;;;;;+1;;;;;-1/t11-,12-,13-;12-,13-;;11-,12+,13+;11-,12-,13-;;;;;;;;;;;/m00.10.........../s1. The molecule has 18 nitrogen and oxygen atoms in total. The largest absolute Gasteiger partial charge is 1.00 e. The molecular formula is C71H109Al2LiN10O8Si. The summed E-state index contributed by atoms with van der Waals surface area (Å²) in [5, 5.41) is 48.4. The maximum Gasteiger partial charge on any atom is 1.00 e. The van der Waals surface area contributed by atoms with Crippen LogP contribution in [-0.4, -0.2) is 115 Å². The van der Waals surface area contributed by atoms with Gasteiger partial charge in [-0.15, -0.1) is 0 Å². The SMILES string of the molecule is CCC1=NC(c2ccccc2)C([N+](=O)[O-])CC1.CCC1=N[C@@H](c2ccccc2)[C@@H]([N+](=O)[O-])CC1.CC[C@@H]1CC[C@H](N)[C@H](c2ccccc2)N1.CC[C@H]1CC[C@H](N)[C@H](c2ccccc2)N1.CC[C@H]1CC[C@H]([N+](=O)[O-])[C@H](c2ccccc2)N1.C[CH2][Al]([CH2]C)[CH2]C.O=[Si]=O.[AlH3].[H-].[Li+]. The first-order chi connectivity index (χ1) is 44.0. The van der Waals surface area contributed by atoms with Crippen LogP contribution in [-0.2, 0) is 8.92 Å². The van der Waals surface area contributed by atoms with Crippen LogP contribution in [0.5, 0.6) is 0 Å². The van der Waals surface area contributed by atoms with Gasteiger partial charge >= 0.3 is 28.2 Å². The van der Waals surface area contributed by atoms with Gasteiger partial charge in [0.1, 0.15) is 18.1 Å². The third kappa shape index (κ3) is 28.6. The number of rotatable bonds is 16. The minimum Gasteiger partial charge on any atom is -1.00 e. The minimum absolute atomic E-state index is 0. The first-order valence-corrected chi connectivity index (χ1v) is 36.9. The Morgan fingerprint density at radius 1 is 0.441 bits per heavy atom. The molecular weight excluding hydrogens is 1210 g/mol. The van der Waals surface area contributed by atoms with Crippen molar-refractivity contribution < 1.29 is 44.0 Å². The van der Waals surface area contributed by atoms with E-state index in [2.05, 4.69) is 128 Å².